The van der Waals surface area contributed by atoms with E-state index in [0.717, 1.165) is 12.1 Å². The molecule has 1 N–H and O–H groups in total. The van der Waals surface area contributed by atoms with Crippen molar-refractivity contribution in [2.45, 2.75) is 25.4 Å². The third-order valence-electron chi connectivity index (χ3n) is 2.69. The Hall–Kier alpha value is -1.73. The highest BCUT2D eigenvalue weighted by atomic mass is 16.5. The van der Waals surface area contributed by atoms with Crippen LogP contribution in [-0.2, 0) is 6.54 Å². The van der Waals surface area contributed by atoms with E-state index in [1.807, 2.05) is 24.3 Å². The molecule has 0 atom stereocenters. The zero-order valence-electron chi connectivity index (χ0n) is 9.90. The Bertz CT molecular complexity index is 422. The predicted molar refractivity (Wildman–Crippen MR) is 64.0 cm³/mol. The van der Waals surface area contributed by atoms with Crippen molar-refractivity contribution in [2.24, 2.45) is 0 Å². The summed E-state index contributed by atoms with van der Waals surface area (Å²) < 4.78 is 10.5. The standard InChI is InChI=1S/C13H16N2O2/c1-16-13-8-10(9-15-11-3-4-11)2-5-12(13)17-7-6-14/h2,5,8,11,15H,3-4,7,9H2,1H3. The Kier molecular flexibility index (Phi) is 3.84. The Morgan fingerprint density at radius 1 is 1.41 bits per heavy atom. The highest BCUT2D eigenvalue weighted by Crippen LogP contribution is 2.28. The van der Waals surface area contributed by atoms with Gasteiger partial charge in [0.1, 0.15) is 6.07 Å². The van der Waals surface area contributed by atoms with Gasteiger partial charge in [-0.05, 0) is 30.5 Å². The van der Waals surface area contributed by atoms with Crippen molar-refractivity contribution < 1.29 is 9.47 Å². The zero-order chi connectivity index (χ0) is 12.1. The minimum Gasteiger partial charge on any atom is -0.493 e. The molecule has 0 saturated heterocycles. The largest absolute Gasteiger partial charge is 0.493 e. The van der Waals surface area contributed by atoms with Crippen LogP contribution in [0.2, 0.25) is 0 Å². The summed E-state index contributed by atoms with van der Waals surface area (Å²) in [6, 6.07) is 8.42. The Morgan fingerprint density at radius 2 is 2.24 bits per heavy atom. The van der Waals surface area contributed by atoms with Gasteiger partial charge in [0.15, 0.2) is 18.1 Å². The number of benzene rings is 1. The highest BCUT2D eigenvalue weighted by molar-refractivity contribution is 5.43. The molecule has 0 spiro atoms. The minimum absolute atomic E-state index is 0.0377. The summed E-state index contributed by atoms with van der Waals surface area (Å²) in [6.07, 6.45) is 2.56. The van der Waals surface area contributed by atoms with Crippen LogP contribution in [0.25, 0.3) is 0 Å². The van der Waals surface area contributed by atoms with Crippen molar-refractivity contribution in [3.05, 3.63) is 23.8 Å². The summed E-state index contributed by atoms with van der Waals surface area (Å²) in [5.74, 6) is 1.29. The first kappa shape index (κ1) is 11.7. The lowest BCUT2D eigenvalue weighted by atomic mass is 10.2. The van der Waals surface area contributed by atoms with E-state index >= 15 is 0 Å². The van der Waals surface area contributed by atoms with Crippen LogP contribution in [0.1, 0.15) is 18.4 Å². The number of hydrogen-bond donors (Lipinski definition) is 1. The molecule has 90 valence electrons. The van der Waals surface area contributed by atoms with Gasteiger partial charge < -0.3 is 14.8 Å². The zero-order valence-corrected chi connectivity index (χ0v) is 9.90. The van der Waals surface area contributed by atoms with Crippen molar-refractivity contribution in [3.63, 3.8) is 0 Å². The molecule has 4 nitrogen and oxygen atoms in total. The fraction of sp³-hybridized carbons (Fsp3) is 0.462. The van der Waals surface area contributed by atoms with Gasteiger partial charge in [-0.3, -0.25) is 0 Å². The third kappa shape index (κ3) is 3.36. The predicted octanol–water partition coefficient (Wildman–Crippen LogP) is 1.85. The smallest absolute Gasteiger partial charge is 0.174 e. The summed E-state index contributed by atoms with van der Waals surface area (Å²) in [4.78, 5) is 0. The van der Waals surface area contributed by atoms with Crippen LogP contribution < -0.4 is 14.8 Å². The number of methoxy groups -OCH3 is 1. The second kappa shape index (κ2) is 5.55. The maximum atomic E-state index is 8.47. The number of rotatable bonds is 6. The van der Waals surface area contributed by atoms with Gasteiger partial charge in [-0.1, -0.05) is 6.07 Å². The molecule has 0 radical (unpaired) electrons. The van der Waals surface area contributed by atoms with Gasteiger partial charge in [-0.15, -0.1) is 0 Å². The van der Waals surface area contributed by atoms with E-state index in [9.17, 15) is 0 Å². The second-order valence-electron chi connectivity index (χ2n) is 4.09. The van der Waals surface area contributed by atoms with Gasteiger partial charge in [0.25, 0.3) is 0 Å². The Balaban J connectivity index is 2.01. The van der Waals surface area contributed by atoms with Gasteiger partial charge in [0.05, 0.1) is 7.11 Å². The first-order chi connectivity index (χ1) is 8.33. The number of ether oxygens (including phenoxy) is 2. The minimum atomic E-state index is 0.0377. The molecule has 0 amide bonds. The second-order valence-corrected chi connectivity index (χ2v) is 4.09. The van der Waals surface area contributed by atoms with Crippen molar-refractivity contribution in [3.8, 4) is 17.6 Å². The van der Waals surface area contributed by atoms with Gasteiger partial charge >= 0.3 is 0 Å². The van der Waals surface area contributed by atoms with Crippen LogP contribution in [0.5, 0.6) is 11.5 Å². The van der Waals surface area contributed by atoms with E-state index in [1.165, 1.54) is 12.8 Å². The van der Waals surface area contributed by atoms with Gasteiger partial charge in [-0.2, -0.15) is 5.26 Å². The van der Waals surface area contributed by atoms with Crippen molar-refractivity contribution in [1.82, 2.24) is 5.32 Å². The molecule has 1 aliphatic carbocycles. The van der Waals surface area contributed by atoms with Crippen molar-refractivity contribution >= 4 is 0 Å². The number of nitriles is 1. The molecule has 0 unspecified atom stereocenters. The SMILES string of the molecule is COc1cc(CNC2CC2)ccc1OCC#N. The fourth-order valence-electron chi connectivity index (χ4n) is 1.60. The van der Waals surface area contributed by atoms with E-state index in [0.29, 0.717) is 17.5 Å². The quantitative estimate of drug-likeness (QED) is 0.813. The summed E-state index contributed by atoms with van der Waals surface area (Å²) in [5, 5.41) is 11.9. The van der Waals surface area contributed by atoms with E-state index in [2.05, 4.69) is 5.32 Å². The monoisotopic (exact) mass is 232 g/mol. The normalized spacial score (nSPS) is 14.1. The lowest BCUT2D eigenvalue weighted by Crippen LogP contribution is -2.15. The maximum Gasteiger partial charge on any atom is 0.174 e. The van der Waals surface area contributed by atoms with Crippen LogP contribution in [0.15, 0.2) is 18.2 Å². The molecule has 1 saturated carbocycles. The van der Waals surface area contributed by atoms with E-state index in [1.54, 1.807) is 7.11 Å². The summed E-state index contributed by atoms with van der Waals surface area (Å²) in [5.41, 5.74) is 1.16. The molecule has 1 aromatic carbocycles. The Labute approximate surface area is 101 Å². The molecule has 17 heavy (non-hydrogen) atoms. The molecule has 0 aliphatic heterocycles. The average molecular weight is 232 g/mol. The summed E-state index contributed by atoms with van der Waals surface area (Å²) in [6.45, 7) is 0.885. The highest BCUT2D eigenvalue weighted by Gasteiger charge is 2.20. The van der Waals surface area contributed by atoms with Gasteiger partial charge in [0.2, 0.25) is 0 Å². The van der Waals surface area contributed by atoms with E-state index in [-0.39, 0.29) is 6.61 Å². The number of hydrogen-bond acceptors (Lipinski definition) is 4. The van der Waals surface area contributed by atoms with E-state index in [4.69, 9.17) is 14.7 Å². The van der Waals surface area contributed by atoms with Crippen LogP contribution in [0.3, 0.4) is 0 Å². The summed E-state index contributed by atoms with van der Waals surface area (Å²) in [7, 11) is 1.60. The number of nitrogens with zero attached hydrogens (tertiary/aromatic N) is 1. The van der Waals surface area contributed by atoms with Crippen molar-refractivity contribution in [2.75, 3.05) is 13.7 Å². The van der Waals surface area contributed by atoms with Crippen LogP contribution >= 0.6 is 0 Å². The average Bonchev–Trinajstić information content (AvgIpc) is 3.18. The van der Waals surface area contributed by atoms with Crippen molar-refractivity contribution in [1.29, 1.82) is 5.26 Å². The summed E-state index contributed by atoms with van der Waals surface area (Å²) >= 11 is 0. The lowest BCUT2D eigenvalue weighted by Gasteiger charge is -2.10. The molecule has 0 aromatic heterocycles. The molecule has 0 heterocycles. The molecule has 1 aromatic rings. The number of nitrogens with one attached hydrogen (secondary N) is 1. The fourth-order valence-corrected chi connectivity index (χ4v) is 1.60. The maximum absolute atomic E-state index is 8.47. The topological polar surface area (TPSA) is 54.3 Å². The third-order valence-corrected chi connectivity index (χ3v) is 2.69. The van der Waals surface area contributed by atoms with Crippen LogP contribution in [0.4, 0.5) is 0 Å². The molecule has 2 rings (SSSR count). The van der Waals surface area contributed by atoms with Crippen LogP contribution in [-0.4, -0.2) is 19.8 Å². The van der Waals surface area contributed by atoms with Gasteiger partial charge in [0, 0.05) is 12.6 Å². The molecule has 0 bridgehead atoms. The van der Waals surface area contributed by atoms with Gasteiger partial charge in [-0.25, -0.2) is 0 Å². The van der Waals surface area contributed by atoms with Crippen LogP contribution in [0, 0.1) is 11.3 Å². The Morgan fingerprint density at radius 3 is 2.88 bits per heavy atom. The molecule has 1 fully saturated rings. The molecule has 4 heteroatoms. The van der Waals surface area contributed by atoms with E-state index < -0.39 is 0 Å². The lowest BCUT2D eigenvalue weighted by molar-refractivity contribution is 0.329. The molecular formula is C13H16N2O2. The first-order valence-electron chi connectivity index (χ1n) is 5.73. The molecular weight excluding hydrogens is 216 g/mol. The molecule has 1 aliphatic rings. The first-order valence-corrected chi connectivity index (χ1v) is 5.73.